The van der Waals surface area contributed by atoms with Gasteiger partial charge in [0.1, 0.15) is 6.54 Å². The van der Waals surface area contributed by atoms with Crippen molar-refractivity contribution < 1.29 is 14.7 Å². The fraction of sp³-hybridized carbons (Fsp3) is 0.857. The van der Waals surface area contributed by atoms with Gasteiger partial charge in [0.05, 0.1) is 0 Å². The molecule has 1 N–H and O–H groups in total. The number of thioether (sulfide) groups is 1. The Bertz CT molecular complexity index is 383. The molecule has 1 aliphatic carbocycles. The Labute approximate surface area is 124 Å². The number of hydrogen-bond donors (Lipinski definition) is 1. The predicted octanol–water partition coefficient (Wildman–Crippen LogP) is 2.12. The zero-order valence-corrected chi connectivity index (χ0v) is 13.1. The molecule has 1 saturated carbocycles. The first-order chi connectivity index (χ1) is 9.37. The minimum Gasteiger partial charge on any atom is -0.480 e. The first-order valence-electron chi connectivity index (χ1n) is 7.27. The zero-order valence-electron chi connectivity index (χ0n) is 12.3. The fourth-order valence-corrected chi connectivity index (χ4v) is 3.50. The van der Waals surface area contributed by atoms with Gasteiger partial charge in [0, 0.05) is 30.1 Å². The Morgan fingerprint density at radius 3 is 2.65 bits per heavy atom. The molecule has 5 nitrogen and oxygen atoms in total. The average Bonchev–Trinajstić information content (AvgIpc) is 3.15. The average molecular weight is 300 g/mol. The van der Waals surface area contributed by atoms with E-state index in [1.807, 2.05) is 16.7 Å². The lowest BCUT2D eigenvalue weighted by molar-refractivity contribution is -0.137. The maximum atomic E-state index is 12.5. The number of carbonyl (C=O) groups excluding carboxylic acids is 1. The first kappa shape index (κ1) is 15.5. The molecule has 0 aromatic carbocycles. The summed E-state index contributed by atoms with van der Waals surface area (Å²) in [5.74, 6) is 0.503. The van der Waals surface area contributed by atoms with E-state index < -0.39 is 5.97 Å². The van der Waals surface area contributed by atoms with Gasteiger partial charge in [-0.2, -0.15) is 11.8 Å². The summed E-state index contributed by atoms with van der Waals surface area (Å²) in [5, 5.41) is 8.99. The van der Waals surface area contributed by atoms with Crippen molar-refractivity contribution in [3.63, 3.8) is 0 Å². The van der Waals surface area contributed by atoms with Gasteiger partial charge < -0.3 is 14.9 Å². The molecule has 0 bridgehead atoms. The van der Waals surface area contributed by atoms with Crippen molar-refractivity contribution in [1.29, 1.82) is 0 Å². The Hall–Kier alpha value is -0.910. The fourth-order valence-electron chi connectivity index (χ4n) is 2.40. The molecule has 114 valence electrons. The molecule has 2 amide bonds. The molecular weight excluding hydrogens is 276 g/mol. The van der Waals surface area contributed by atoms with Gasteiger partial charge in [0.2, 0.25) is 0 Å². The molecule has 1 aliphatic heterocycles. The number of hydrogen-bond acceptors (Lipinski definition) is 3. The van der Waals surface area contributed by atoms with Crippen molar-refractivity contribution >= 4 is 23.8 Å². The Morgan fingerprint density at radius 1 is 1.35 bits per heavy atom. The monoisotopic (exact) mass is 300 g/mol. The summed E-state index contributed by atoms with van der Waals surface area (Å²) in [6.45, 7) is 6.25. The number of nitrogens with zero attached hydrogens (tertiary/aromatic N) is 2. The lowest BCUT2D eigenvalue weighted by Gasteiger charge is -2.29. The Balaban J connectivity index is 1.96. The molecular formula is C14H24N2O3S. The lowest BCUT2D eigenvalue weighted by atomic mass is 10.1. The van der Waals surface area contributed by atoms with E-state index in [4.69, 9.17) is 5.11 Å². The van der Waals surface area contributed by atoms with Crippen LogP contribution in [-0.2, 0) is 4.79 Å². The van der Waals surface area contributed by atoms with Gasteiger partial charge in [-0.05, 0) is 25.2 Å². The number of carboxylic acids is 1. The van der Waals surface area contributed by atoms with Gasteiger partial charge in [-0.15, -0.1) is 0 Å². The normalized spacial score (nSPS) is 22.2. The van der Waals surface area contributed by atoms with Crippen LogP contribution >= 0.6 is 11.8 Å². The predicted molar refractivity (Wildman–Crippen MR) is 80.1 cm³/mol. The van der Waals surface area contributed by atoms with E-state index in [0.717, 1.165) is 31.6 Å². The van der Waals surface area contributed by atoms with Gasteiger partial charge >= 0.3 is 12.0 Å². The van der Waals surface area contributed by atoms with Gasteiger partial charge in [-0.25, -0.2) is 4.79 Å². The SMILES string of the molecule is CC1(C)CCN(C(=O)N(CC(=O)O)CC2CC2)CCS1. The van der Waals surface area contributed by atoms with Gasteiger partial charge in [0.25, 0.3) is 0 Å². The first-order valence-corrected chi connectivity index (χ1v) is 8.25. The van der Waals surface area contributed by atoms with Crippen LogP contribution in [0.25, 0.3) is 0 Å². The van der Waals surface area contributed by atoms with Crippen LogP contribution in [0.4, 0.5) is 4.79 Å². The number of rotatable bonds is 4. The van der Waals surface area contributed by atoms with E-state index in [1.165, 1.54) is 4.90 Å². The van der Waals surface area contributed by atoms with E-state index >= 15 is 0 Å². The van der Waals surface area contributed by atoms with E-state index in [9.17, 15) is 9.59 Å². The molecule has 20 heavy (non-hydrogen) atoms. The highest BCUT2D eigenvalue weighted by Crippen LogP contribution is 2.32. The smallest absolute Gasteiger partial charge is 0.323 e. The molecule has 0 atom stereocenters. The molecule has 0 spiro atoms. The van der Waals surface area contributed by atoms with Crippen LogP contribution in [-0.4, -0.2) is 63.6 Å². The third kappa shape index (κ3) is 4.58. The summed E-state index contributed by atoms with van der Waals surface area (Å²) in [6.07, 6.45) is 3.19. The second-order valence-corrected chi connectivity index (χ2v) is 8.15. The molecule has 0 radical (unpaired) electrons. The Morgan fingerprint density at radius 2 is 2.05 bits per heavy atom. The minimum absolute atomic E-state index is 0.0994. The third-order valence-electron chi connectivity index (χ3n) is 3.88. The van der Waals surface area contributed by atoms with Crippen molar-refractivity contribution in [1.82, 2.24) is 9.80 Å². The molecule has 1 heterocycles. The maximum absolute atomic E-state index is 12.5. The molecule has 1 saturated heterocycles. The van der Waals surface area contributed by atoms with Gasteiger partial charge in [-0.1, -0.05) is 13.8 Å². The topological polar surface area (TPSA) is 60.9 Å². The number of aliphatic carboxylic acids is 1. The van der Waals surface area contributed by atoms with Crippen molar-refractivity contribution in [3.05, 3.63) is 0 Å². The number of urea groups is 1. The minimum atomic E-state index is -0.927. The number of carboxylic acid groups (broad SMARTS) is 1. The highest BCUT2D eigenvalue weighted by atomic mass is 32.2. The largest absolute Gasteiger partial charge is 0.480 e. The molecule has 2 rings (SSSR count). The number of amides is 2. The Kier molecular flexibility index (Phi) is 4.83. The van der Waals surface area contributed by atoms with Crippen molar-refractivity contribution in [2.45, 2.75) is 37.9 Å². The van der Waals surface area contributed by atoms with Crippen molar-refractivity contribution in [3.8, 4) is 0 Å². The van der Waals surface area contributed by atoms with Crippen molar-refractivity contribution in [2.24, 2.45) is 5.92 Å². The lowest BCUT2D eigenvalue weighted by Crippen LogP contribution is -2.47. The van der Waals surface area contributed by atoms with Crippen LogP contribution < -0.4 is 0 Å². The molecule has 0 aromatic rings. The van der Waals surface area contributed by atoms with Crippen LogP contribution in [0.3, 0.4) is 0 Å². The summed E-state index contributed by atoms with van der Waals surface area (Å²) in [4.78, 5) is 26.8. The number of carbonyl (C=O) groups is 2. The second kappa shape index (κ2) is 6.24. The highest BCUT2D eigenvalue weighted by molar-refractivity contribution is 8.00. The second-order valence-electron chi connectivity index (χ2n) is 6.35. The van der Waals surface area contributed by atoms with Crippen LogP contribution in [0.1, 0.15) is 33.1 Å². The maximum Gasteiger partial charge on any atom is 0.323 e. The molecule has 0 unspecified atom stereocenters. The van der Waals surface area contributed by atoms with Gasteiger partial charge in [0.15, 0.2) is 0 Å². The zero-order chi connectivity index (χ0) is 14.8. The van der Waals surface area contributed by atoms with Gasteiger partial charge in [-0.3, -0.25) is 4.79 Å². The molecule has 0 aromatic heterocycles. The van der Waals surface area contributed by atoms with Crippen LogP contribution in [0.15, 0.2) is 0 Å². The third-order valence-corrected chi connectivity index (χ3v) is 5.25. The molecule has 2 aliphatic rings. The molecule has 6 heteroatoms. The van der Waals surface area contributed by atoms with Crippen LogP contribution in [0, 0.1) is 5.92 Å². The quantitative estimate of drug-likeness (QED) is 0.864. The van der Waals surface area contributed by atoms with E-state index in [1.54, 1.807) is 0 Å². The standard InChI is InChI=1S/C14H24N2O3S/c1-14(2)5-6-15(7-8-20-14)13(19)16(10-12(17)18)9-11-3-4-11/h11H,3-10H2,1-2H3,(H,17,18). The van der Waals surface area contributed by atoms with E-state index in [2.05, 4.69) is 13.8 Å². The molecule has 2 fully saturated rings. The van der Waals surface area contributed by atoms with Crippen LogP contribution in [0.2, 0.25) is 0 Å². The summed E-state index contributed by atoms with van der Waals surface area (Å²) < 4.78 is 0.198. The van der Waals surface area contributed by atoms with E-state index in [0.29, 0.717) is 19.0 Å². The van der Waals surface area contributed by atoms with E-state index in [-0.39, 0.29) is 17.3 Å². The summed E-state index contributed by atoms with van der Waals surface area (Å²) in [6, 6.07) is -0.0994. The van der Waals surface area contributed by atoms with Crippen LogP contribution in [0.5, 0.6) is 0 Å². The van der Waals surface area contributed by atoms with Crippen molar-refractivity contribution in [2.75, 3.05) is 31.9 Å². The highest BCUT2D eigenvalue weighted by Gasteiger charge is 2.32. The summed E-state index contributed by atoms with van der Waals surface area (Å²) in [5.41, 5.74) is 0. The summed E-state index contributed by atoms with van der Waals surface area (Å²) >= 11 is 1.89. The summed E-state index contributed by atoms with van der Waals surface area (Å²) in [7, 11) is 0.